The van der Waals surface area contributed by atoms with Crippen LogP contribution >= 0.6 is 34.8 Å². The fourth-order valence-electron chi connectivity index (χ4n) is 5.38. The van der Waals surface area contributed by atoms with E-state index in [9.17, 15) is 14.7 Å². The Morgan fingerprint density at radius 1 is 1.06 bits per heavy atom. The van der Waals surface area contributed by atoms with Gasteiger partial charge in [-0.05, 0) is 60.4 Å². The van der Waals surface area contributed by atoms with Crippen LogP contribution in [0.15, 0.2) is 66.7 Å². The van der Waals surface area contributed by atoms with Gasteiger partial charge in [-0.15, -0.1) is 0 Å². The van der Waals surface area contributed by atoms with Crippen LogP contribution in [0, 0.1) is 5.41 Å². The summed E-state index contributed by atoms with van der Waals surface area (Å²) in [6.45, 7) is 3.72. The number of benzene rings is 2. The SMILES string of the molecule is CCC(c1cccc(Cl)n1)N1C(=O)[C@@](C)(CC(=O)O)C[C@H](c2cccc(Cl)c2)[C@H]1c1ccc(Cl)cc1. The van der Waals surface area contributed by atoms with Crippen LogP contribution in [0.25, 0.3) is 0 Å². The zero-order chi connectivity index (χ0) is 26.0. The Kier molecular flexibility index (Phi) is 7.93. The first-order valence-electron chi connectivity index (χ1n) is 11.8. The molecule has 2 heterocycles. The third-order valence-electron chi connectivity index (χ3n) is 6.93. The predicted octanol–water partition coefficient (Wildman–Crippen LogP) is 7.73. The number of hydrogen-bond donors (Lipinski definition) is 1. The topological polar surface area (TPSA) is 70.5 Å². The lowest BCUT2D eigenvalue weighted by atomic mass is 9.67. The third-order valence-corrected chi connectivity index (χ3v) is 7.63. The maximum Gasteiger partial charge on any atom is 0.304 e. The van der Waals surface area contributed by atoms with Crippen LogP contribution in [0.2, 0.25) is 15.2 Å². The molecular formula is C28H27Cl3N2O3. The number of aliphatic carboxylic acids is 1. The minimum Gasteiger partial charge on any atom is -0.481 e. The summed E-state index contributed by atoms with van der Waals surface area (Å²) < 4.78 is 0. The minimum absolute atomic E-state index is 0.222. The maximum absolute atomic E-state index is 14.3. The van der Waals surface area contributed by atoms with Gasteiger partial charge < -0.3 is 10.0 Å². The molecule has 36 heavy (non-hydrogen) atoms. The number of pyridine rings is 1. The highest BCUT2D eigenvalue weighted by Crippen LogP contribution is 2.54. The normalized spacial score (nSPS) is 22.9. The lowest BCUT2D eigenvalue weighted by molar-refractivity contribution is -0.161. The first-order valence-corrected chi connectivity index (χ1v) is 12.9. The standard InChI is InChI=1S/C28H27Cl3N2O3/c1-3-23(22-8-5-9-24(31)32-22)33-26(17-10-12-19(29)13-11-17)21(18-6-4-7-20(30)14-18)15-28(2,27(33)36)16-25(34)35/h4-14,21,23,26H,3,15-16H2,1-2H3,(H,34,35)/t21-,23?,26-,28-/m1/s1. The van der Waals surface area contributed by atoms with E-state index in [-0.39, 0.29) is 18.2 Å². The van der Waals surface area contributed by atoms with E-state index >= 15 is 0 Å². The van der Waals surface area contributed by atoms with Crippen molar-refractivity contribution in [3.63, 3.8) is 0 Å². The van der Waals surface area contributed by atoms with E-state index < -0.39 is 23.5 Å². The second-order valence-electron chi connectivity index (χ2n) is 9.51. The molecule has 0 spiro atoms. The first-order chi connectivity index (χ1) is 17.1. The van der Waals surface area contributed by atoms with Crippen molar-refractivity contribution in [1.82, 2.24) is 9.88 Å². The average Bonchev–Trinajstić information content (AvgIpc) is 2.82. The van der Waals surface area contributed by atoms with Crippen LogP contribution in [-0.2, 0) is 9.59 Å². The number of hydrogen-bond acceptors (Lipinski definition) is 3. The van der Waals surface area contributed by atoms with Gasteiger partial charge in [-0.2, -0.15) is 0 Å². The van der Waals surface area contributed by atoms with Crippen LogP contribution in [0.5, 0.6) is 0 Å². The van der Waals surface area contributed by atoms with Crippen LogP contribution in [0.3, 0.4) is 0 Å². The fraction of sp³-hybridized carbons (Fsp3) is 0.321. The van der Waals surface area contributed by atoms with E-state index in [0.717, 1.165) is 11.1 Å². The molecule has 0 aliphatic carbocycles. The summed E-state index contributed by atoms with van der Waals surface area (Å²) in [5, 5.41) is 11.3. The Morgan fingerprint density at radius 3 is 2.36 bits per heavy atom. The highest BCUT2D eigenvalue weighted by Gasteiger charge is 2.52. The Bertz CT molecular complexity index is 1270. The number of carbonyl (C=O) groups excluding carboxylic acids is 1. The monoisotopic (exact) mass is 544 g/mol. The number of carbonyl (C=O) groups is 2. The number of carboxylic acids is 1. The fourth-order valence-corrected chi connectivity index (χ4v) is 5.88. The second-order valence-corrected chi connectivity index (χ2v) is 10.8. The van der Waals surface area contributed by atoms with Crippen molar-refractivity contribution in [1.29, 1.82) is 0 Å². The molecule has 1 unspecified atom stereocenters. The Morgan fingerprint density at radius 2 is 1.75 bits per heavy atom. The van der Waals surface area contributed by atoms with Crippen molar-refractivity contribution >= 4 is 46.7 Å². The summed E-state index contributed by atoms with van der Waals surface area (Å²) >= 11 is 18.8. The van der Waals surface area contributed by atoms with Crippen molar-refractivity contribution in [2.24, 2.45) is 5.41 Å². The van der Waals surface area contributed by atoms with Gasteiger partial charge in [0.05, 0.1) is 29.6 Å². The van der Waals surface area contributed by atoms with Gasteiger partial charge in [0, 0.05) is 16.0 Å². The van der Waals surface area contributed by atoms with E-state index in [0.29, 0.717) is 33.7 Å². The number of halogens is 3. The molecule has 0 bridgehead atoms. The zero-order valence-electron chi connectivity index (χ0n) is 20.0. The molecule has 4 rings (SSSR count). The predicted molar refractivity (Wildman–Crippen MR) is 142 cm³/mol. The minimum atomic E-state index is -1.13. The number of likely N-dealkylation sites (tertiary alicyclic amines) is 1. The number of rotatable bonds is 7. The van der Waals surface area contributed by atoms with Gasteiger partial charge in [-0.25, -0.2) is 4.98 Å². The third kappa shape index (κ3) is 5.39. The molecule has 1 aliphatic rings. The van der Waals surface area contributed by atoms with Gasteiger partial charge in [0.1, 0.15) is 5.15 Å². The molecule has 1 fully saturated rings. The molecule has 3 aromatic rings. The van der Waals surface area contributed by atoms with Crippen molar-refractivity contribution in [3.05, 3.63) is 98.7 Å². The molecule has 1 aliphatic heterocycles. The Hall–Kier alpha value is -2.60. The van der Waals surface area contributed by atoms with Crippen LogP contribution in [0.1, 0.15) is 67.9 Å². The molecular weight excluding hydrogens is 519 g/mol. The summed E-state index contributed by atoms with van der Waals surface area (Å²) in [5.41, 5.74) is 1.36. The summed E-state index contributed by atoms with van der Waals surface area (Å²) in [4.78, 5) is 32.6. The maximum atomic E-state index is 14.3. The lowest BCUT2D eigenvalue weighted by Crippen LogP contribution is -2.53. The zero-order valence-corrected chi connectivity index (χ0v) is 22.3. The highest BCUT2D eigenvalue weighted by molar-refractivity contribution is 6.31. The molecule has 0 saturated carbocycles. The summed E-state index contributed by atoms with van der Waals surface area (Å²) in [6.07, 6.45) is 0.627. The average molecular weight is 546 g/mol. The van der Waals surface area contributed by atoms with Gasteiger partial charge in [-0.3, -0.25) is 9.59 Å². The van der Waals surface area contributed by atoms with Crippen LogP contribution < -0.4 is 0 Å². The second kappa shape index (κ2) is 10.8. The van der Waals surface area contributed by atoms with Gasteiger partial charge in [0.25, 0.3) is 0 Å². The molecule has 188 valence electrons. The van der Waals surface area contributed by atoms with Crippen molar-refractivity contribution in [2.45, 2.75) is 51.1 Å². The molecule has 1 amide bonds. The summed E-state index contributed by atoms with van der Waals surface area (Å²) in [5.74, 6) is -1.47. The molecule has 1 N–H and O–H groups in total. The van der Waals surface area contributed by atoms with Crippen molar-refractivity contribution < 1.29 is 14.7 Å². The highest BCUT2D eigenvalue weighted by atomic mass is 35.5. The lowest BCUT2D eigenvalue weighted by Gasteiger charge is -2.51. The molecule has 8 heteroatoms. The number of carboxylic acid groups (broad SMARTS) is 1. The number of aromatic nitrogens is 1. The molecule has 1 aromatic heterocycles. The van der Waals surface area contributed by atoms with Gasteiger partial charge in [0.15, 0.2) is 0 Å². The molecule has 5 nitrogen and oxygen atoms in total. The summed E-state index contributed by atoms with van der Waals surface area (Å²) in [6, 6.07) is 19.5. The van der Waals surface area contributed by atoms with E-state index in [4.69, 9.17) is 34.8 Å². The van der Waals surface area contributed by atoms with Crippen LogP contribution in [-0.4, -0.2) is 26.9 Å². The molecule has 0 radical (unpaired) electrons. The van der Waals surface area contributed by atoms with E-state index in [1.165, 1.54) is 0 Å². The molecule has 4 atom stereocenters. The first kappa shape index (κ1) is 26.5. The molecule has 1 saturated heterocycles. The van der Waals surface area contributed by atoms with Crippen LogP contribution in [0.4, 0.5) is 0 Å². The number of nitrogens with zero attached hydrogens (tertiary/aromatic N) is 2. The van der Waals surface area contributed by atoms with Gasteiger partial charge in [-0.1, -0.05) is 79.0 Å². The Balaban J connectivity index is 1.96. The summed E-state index contributed by atoms with van der Waals surface area (Å²) in [7, 11) is 0. The Labute approximate surface area is 226 Å². The van der Waals surface area contributed by atoms with Gasteiger partial charge in [0.2, 0.25) is 5.91 Å². The smallest absolute Gasteiger partial charge is 0.304 e. The van der Waals surface area contributed by atoms with Crippen molar-refractivity contribution in [2.75, 3.05) is 0 Å². The van der Waals surface area contributed by atoms with E-state index in [2.05, 4.69) is 4.98 Å². The number of amides is 1. The number of piperidine rings is 1. The van der Waals surface area contributed by atoms with E-state index in [1.807, 2.05) is 54.3 Å². The largest absolute Gasteiger partial charge is 0.481 e. The quantitative estimate of drug-likeness (QED) is 0.308. The molecule has 2 aromatic carbocycles. The van der Waals surface area contributed by atoms with E-state index in [1.54, 1.807) is 31.2 Å². The van der Waals surface area contributed by atoms with Gasteiger partial charge >= 0.3 is 5.97 Å². The van der Waals surface area contributed by atoms with Crippen molar-refractivity contribution in [3.8, 4) is 0 Å².